The second kappa shape index (κ2) is 2.49. The summed E-state index contributed by atoms with van der Waals surface area (Å²) in [7, 11) is 0. The van der Waals surface area contributed by atoms with Crippen molar-refractivity contribution in [1.82, 2.24) is 5.32 Å². The first-order chi connectivity index (χ1) is 7.91. The minimum atomic E-state index is -2.90. The molecule has 1 spiro atoms. The standard InChI is InChI=1S/C7H13NO2/c1-3-8-4-2-7(1)9-5-6-10-7/h8H,1-6H2/i1D2,2D2,3D2,4D2. The van der Waals surface area contributed by atoms with Crippen molar-refractivity contribution in [3.63, 3.8) is 0 Å². The van der Waals surface area contributed by atoms with Crippen molar-refractivity contribution in [3.05, 3.63) is 0 Å². The summed E-state index contributed by atoms with van der Waals surface area (Å²) in [5.41, 5.74) is 0. The number of piperidine rings is 1. The van der Waals surface area contributed by atoms with Crippen molar-refractivity contribution in [1.29, 1.82) is 0 Å². The molecule has 0 amide bonds. The van der Waals surface area contributed by atoms with E-state index in [1.165, 1.54) is 0 Å². The van der Waals surface area contributed by atoms with Gasteiger partial charge in [-0.2, -0.15) is 0 Å². The van der Waals surface area contributed by atoms with Gasteiger partial charge in [-0.25, -0.2) is 0 Å². The van der Waals surface area contributed by atoms with Gasteiger partial charge in [0.1, 0.15) is 0 Å². The van der Waals surface area contributed by atoms with Gasteiger partial charge in [0, 0.05) is 36.7 Å². The van der Waals surface area contributed by atoms with Gasteiger partial charge in [-0.15, -0.1) is 0 Å². The van der Waals surface area contributed by atoms with E-state index in [2.05, 4.69) is 0 Å². The molecule has 1 N–H and O–H groups in total. The molecule has 2 aliphatic heterocycles. The number of hydrogen-bond acceptors (Lipinski definition) is 3. The Hall–Kier alpha value is -0.120. The lowest BCUT2D eigenvalue weighted by atomic mass is 10.1. The Morgan fingerprint density at radius 3 is 2.40 bits per heavy atom. The van der Waals surface area contributed by atoms with Gasteiger partial charge in [-0.05, 0) is 0 Å². The lowest BCUT2D eigenvalue weighted by molar-refractivity contribution is -0.172. The zero-order valence-corrected chi connectivity index (χ0v) is 5.23. The zero-order chi connectivity index (χ0) is 14.0. The largest absolute Gasteiger partial charge is 0.347 e. The third-order valence-corrected chi connectivity index (χ3v) is 1.27. The third kappa shape index (κ3) is 1.05. The van der Waals surface area contributed by atoms with Gasteiger partial charge in [-0.1, -0.05) is 0 Å². The molecule has 2 fully saturated rings. The molecule has 0 aromatic rings. The van der Waals surface area contributed by atoms with Crippen LogP contribution in [0.4, 0.5) is 0 Å². The smallest absolute Gasteiger partial charge is 0.170 e. The van der Waals surface area contributed by atoms with Crippen molar-refractivity contribution in [3.8, 4) is 0 Å². The molecule has 2 saturated heterocycles. The van der Waals surface area contributed by atoms with Gasteiger partial charge < -0.3 is 14.8 Å². The predicted octanol–water partition coefficient (Wildman–Crippen LogP) is 0.113. The van der Waals surface area contributed by atoms with E-state index in [1.54, 1.807) is 5.32 Å². The molecule has 0 aromatic heterocycles. The molecule has 0 radical (unpaired) electrons. The number of nitrogens with one attached hydrogen (secondary N) is 1. The molecule has 0 bridgehead atoms. The van der Waals surface area contributed by atoms with Crippen LogP contribution in [0.1, 0.15) is 23.7 Å². The summed E-state index contributed by atoms with van der Waals surface area (Å²) >= 11 is 0. The highest BCUT2D eigenvalue weighted by atomic mass is 16.7. The van der Waals surface area contributed by atoms with E-state index in [4.69, 9.17) is 20.4 Å². The monoisotopic (exact) mass is 151 g/mol. The maximum absolute atomic E-state index is 7.78. The molecule has 3 heteroatoms. The van der Waals surface area contributed by atoms with Crippen LogP contribution >= 0.6 is 0 Å². The number of ether oxygens (including phenoxy) is 2. The minimum Gasteiger partial charge on any atom is -0.347 e. The quantitative estimate of drug-likeness (QED) is 0.533. The van der Waals surface area contributed by atoms with Gasteiger partial charge in [0.05, 0.1) is 13.2 Å². The van der Waals surface area contributed by atoms with Crippen molar-refractivity contribution < 1.29 is 20.4 Å². The van der Waals surface area contributed by atoms with E-state index in [9.17, 15) is 0 Å². The van der Waals surface area contributed by atoms with E-state index < -0.39 is 31.5 Å². The van der Waals surface area contributed by atoms with Gasteiger partial charge >= 0.3 is 0 Å². The molecule has 58 valence electrons. The molecule has 3 nitrogen and oxygen atoms in total. The Kier molecular flexibility index (Phi) is 0.544. The van der Waals surface area contributed by atoms with Crippen LogP contribution in [0.3, 0.4) is 0 Å². The van der Waals surface area contributed by atoms with Crippen LogP contribution in [0, 0.1) is 0 Å². The van der Waals surface area contributed by atoms with Crippen molar-refractivity contribution >= 4 is 0 Å². The minimum absolute atomic E-state index is 0.120. The van der Waals surface area contributed by atoms with Gasteiger partial charge in [-0.3, -0.25) is 0 Å². The summed E-state index contributed by atoms with van der Waals surface area (Å²) in [4.78, 5) is 0. The molecule has 2 rings (SSSR count). The van der Waals surface area contributed by atoms with Crippen LogP contribution in [-0.2, 0) is 9.47 Å². The highest BCUT2D eigenvalue weighted by Crippen LogP contribution is 2.28. The molecule has 2 aliphatic rings. The molecule has 10 heavy (non-hydrogen) atoms. The number of rotatable bonds is 0. The average Bonchev–Trinajstić information content (AvgIpc) is 2.63. The Labute approximate surface area is 71.9 Å². The first-order valence-electron chi connectivity index (χ1n) is 6.99. The summed E-state index contributed by atoms with van der Waals surface area (Å²) in [6.45, 7) is -5.92. The Morgan fingerprint density at radius 1 is 1.20 bits per heavy atom. The molecule has 0 aliphatic carbocycles. The third-order valence-electron chi connectivity index (χ3n) is 1.27. The van der Waals surface area contributed by atoms with E-state index in [0.717, 1.165) is 0 Å². The number of hydrogen-bond donors (Lipinski definition) is 1. The van der Waals surface area contributed by atoms with Crippen LogP contribution in [-0.4, -0.2) is 32.0 Å². The second-order valence-electron chi connectivity index (χ2n) is 1.94. The molecule has 0 unspecified atom stereocenters. The SMILES string of the molecule is [2H]C1([2H])NC([2H])([2H])C([2H])([2H])C2(OCCO2)C1([2H])[2H]. The summed E-state index contributed by atoms with van der Waals surface area (Å²) in [5, 5.41) is 1.72. The summed E-state index contributed by atoms with van der Waals surface area (Å²) in [6, 6.07) is 0. The first-order valence-corrected chi connectivity index (χ1v) is 2.99. The van der Waals surface area contributed by atoms with Crippen LogP contribution in [0.2, 0.25) is 0 Å². The summed E-state index contributed by atoms with van der Waals surface area (Å²) < 4.78 is 71.4. The second-order valence-corrected chi connectivity index (χ2v) is 1.94. The molecular formula is C7H13NO2. The van der Waals surface area contributed by atoms with Crippen molar-refractivity contribution in [2.75, 3.05) is 26.2 Å². The fourth-order valence-electron chi connectivity index (χ4n) is 0.846. The lowest BCUT2D eigenvalue weighted by Crippen LogP contribution is -2.42. The van der Waals surface area contributed by atoms with E-state index in [1.807, 2.05) is 0 Å². The van der Waals surface area contributed by atoms with Gasteiger partial charge in [0.25, 0.3) is 0 Å². The van der Waals surface area contributed by atoms with Crippen molar-refractivity contribution in [2.24, 2.45) is 0 Å². The normalized spacial score (nSPS) is 63.2. The Balaban J connectivity index is 2.63. The topological polar surface area (TPSA) is 30.5 Å². The maximum Gasteiger partial charge on any atom is 0.170 e. The lowest BCUT2D eigenvalue weighted by Gasteiger charge is -2.31. The predicted molar refractivity (Wildman–Crippen MR) is 36.7 cm³/mol. The fraction of sp³-hybridized carbons (Fsp3) is 1.00. The highest BCUT2D eigenvalue weighted by molar-refractivity contribution is 4.80. The van der Waals surface area contributed by atoms with Crippen LogP contribution in [0.15, 0.2) is 0 Å². The molecule has 0 saturated carbocycles. The van der Waals surface area contributed by atoms with Crippen LogP contribution in [0.25, 0.3) is 0 Å². The highest BCUT2D eigenvalue weighted by Gasteiger charge is 2.37. The Bertz CT molecular complexity index is 336. The molecular weight excluding hydrogens is 130 g/mol. The summed E-state index contributed by atoms with van der Waals surface area (Å²) in [6.07, 6.45) is -5.79. The molecule has 0 atom stereocenters. The van der Waals surface area contributed by atoms with Gasteiger partial charge in [0.15, 0.2) is 5.79 Å². The molecule has 0 aromatic carbocycles. The average molecular weight is 151 g/mol. The van der Waals surface area contributed by atoms with Crippen molar-refractivity contribution in [2.45, 2.75) is 18.5 Å². The fourth-order valence-corrected chi connectivity index (χ4v) is 0.846. The van der Waals surface area contributed by atoms with E-state index in [0.29, 0.717) is 0 Å². The van der Waals surface area contributed by atoms with Crippen LogP contribution < -0.4 is 5.32 Å². The summed E-state index contributed by atoms with van der Waals surface area (Å²) in [5.74, 6) is -2.61. The van der Waals surface area contributed by atoms with Gasteiger partial charge in [0.2, 0.25) is 0 Å². The molecule has 2 heterocycles. The van der Waals surface area contributed by atoms with E-state index in [-0.39, 0.29) is 13.2 Å². The van der Waals surface area contributed by atoms with Crippen LogP contribution in [0.5, 0.6) is 0 Å². The van der Waals surface area contributed by atoms with E-state index >= 15 is 0 Å². The Morgan fingerprint density at radius 2 is 1.80 bits per heavy atom. The maximum atomic E-state index is 7.78. The first kappa shape index (κ1) is 2.19. The zero-order valence-electron chi connectivity index (χ0n) is 13.2.